The van der Waals surface area contributed by atoms with Gasteiger partial charge in [0, 0.05) is 44.0 Å². The second-order valence-corrected chi connectivity index (χ2v) is 6.93. The standard InChI is InChI=1S/C17H21F3N6/c18-17(19,20)15-9-16(22-11-21-15)23-12-3-6-25(7-4-12)10-13-8-14-2-1-5-26(14)24-13/h8-9,11-12H,1-7,10H2,(H,21,22,23). The van der Waals surface area contributed by atoms with E-state index in [0.717, 1.165) is 63.5 Å². The molecule has 0 aromatic carbocycles. The van der Waals surface area contributed by atoms with Crippen molar-refractivity contribution in [2.45, 2.75) is 51.0 Å². The van der Waals surface area contributed by atoms with Gasteiger partial charge in [-0.2, -0.15) is 18.3 Å². The summed E-state index contributed by atoms with van der Waals surface area (Å²) >= 11 is 0. The van der Waals surface area contributed by atoms with Crippen molar-refractivity contribution in [2.75, 3.05) is 18.4 Å². The zero-order chi connectivity index (χ0) is 18.1. The normalized spacial score (nSPS) is 18.9. The van der Waals surface area contributed by atoms with E-state index in [-0.39, 0.29) is 11.9 Å². The molecule has 0 bridgehead atoms. The van der Waals surface area contributed by atoms with Gasteiger partial charge in [-0.05, 0) is 31.7 Å². The van der Waals surface area contributed by atoms with Crippen molar-refractivity contribution in [3.63, 3.8) is 0 Å². The number of nitrogens with one attached hydrogen (secondary N) is 1. The molecular formula is C17H21F3N6. The predicted octanol–water partition coefficient (Wildman–Crippen LogP) is 2.71. The fourth-order valence-corrected chi connectivity index (χ4v) is 3.66. The van der Waals surface area contributed by atoms with E-state index in [1.807, 2.05) is 0 Å². The first-order chi connectivity index (χ1) is 12.5. The monoisotopic (exact) mass is 366 g/mol. The van der Waals surface area contributed by atoms with Gasteiger partial charge in [0.15, 0.2) is 0 Å². The lowest BCUT2D eigenvalue weighted by Crippen LogP contribution is -2.39. The highest BCUT2D eigenvalue weighted by Crippen LogP contribution is 2.28. The molecule has 6 nitrogen and oxygen atoms in total. The van der Waals surface area contributed by atoms with Crippen LogP contribution >= 0.6 is 0 Å². The van der Waals surface area contributed by atoms with Crippen LogP contribution in [0.1, 0.15) is 36.3 Å². The Kier molecular flexibility index (Phi) is 4.56. The molecule has 1 N–H and O–H groups in total. The summed E-state index contributed by atoms with van der Waals surface area (Å²) in [7, 11) is 0. The third-order valence-corrected chi connectivity index (χ3v) is 5.00. The Bertz CT molecular complexity index is 743. The van der Waals surface area contributed by atoms with Gasteiger partial charge in [0.25, 0.3) is 0 Å². The van der Waals surface area contributed by atoms with E-state index in [2.05, 4.69) is 36.0 Å². The summed E-state index contributed by atoms with van der Waals surface area (Å²) in [6.45, 7) is 3.62. The van der Waals surface area contributed by atoms with Crippen LogP contribution < -0.4 is 5.32 Å². The molecule has 0 saturated carbocycles. The molecule has 0 spiro atoms. The molecule has 1 fully saturated rings. The summed E-state index contributed by atoms with van der Waals surface area (Å²) < 4.78 is 40.3. The highest BCUT2D eigenvalue weighted by molar-refractivity contribution is 5.36. The molecule has 0 unspecified atom stereocenters. The molecular weight excluding hydrogens is 345 g/mol. The number of piperidine rings is 1. The van der Waals surface area contributed by atoms with Crippen molar-refractivity contribution in [1.29, 1.82) is 0 Å². The van der Waals surface area contributed by atoms with E-state index in [1.54, 1.807) is 0 Å². The molecule has 2 aliphatic heterocycles. The Labute approximate surface area is 149 Å². The van der Waals surface area contributed by atoms with Crippen LogP contribution in [0.5, 0.6) is 0 Å². The fourth-order valence-electron chi connectivity index (χ4n) is 3.66. The molecule has 4 heterocycles. The van der Waals surface area contributed by atoms with Gasteiger partial charge >= 0.3 is 6.18 Å². The van der Waals surface area contributed by atoms with Crippen LogP contribution in [-0.4, -0.2) is 43.8 Å². The number of hydrogen-bond donors (Lipinski definition) is 1. The van der Waals surface area contributed by atoms with E-state index >= 15 is 0 Å². The molecule has 0 amide bonds. The lowest BCUT2D eigenvalue weighted by molar-refractivity contribution is -0.141. The largest absolute Gasteiger partial charge is 0.433 e. The number of anilines is 1. The van der Waals surface area contributed by atoms with Gasteiger partial charge in [-0.25, -0.2) is 9.97 Å². The minimum Gasteiger partial charge on any atom is -0.367 e. The van der Waals surface area contributed by atoms with Crippen molar-refractivity contribution in [3.8, 4) is 0 Å². The molecule has 4 rings (SSSR count). The van der Waals surface area contributed by atoms with Crippen LogP contribution in [0.25, 0.3) is 0 Å². The first-order valence-electron chi connectivity index (χ1n) is 8.91. The predicted molar refractivity (Wildman–Crippen MR) is 89.5 cm³/mol. The molecule has 26 heavy (non-hydrogen) atoms. The minimum atomic E-state index is -4.45. The average Bonchev–Trinajstić information content (AvgIpc) is 3.18. The zero-order valence-electron chi connectivity index (χ0n) is 14.3. The van der Waals surface area contributed by atoms with Crippen molar-refractivity contribution in [2.24, 2.45) is 0 Å². The number of aromatic nitrogens is 4. The molecule has 0 aliphatic carbocycles. The number of hydrogen-bond acceptors (Lipinski definition) is 5. The maximum Gasteiger partial charge on any atom is 0.433 e. The van der Waals surface area contributed by atoms with Crippen LogP contribution in [0.2, 0.25) is 0 Å². The molecule has 2 aliphatic rings. The molecule has 140 valence electrons. The molecule has 9 heteroatoms. The maximum absolute atomic E-state index is 12.7. The quantitative estimate of drug-likeness (QED) is 0.902. The van der Waals surface area contributed by atoms with Crippen molar-refractivity contribution in [1.82, 2.24) is 24.6 Å². The second-order valence-electron chi connectivity index (χ2n) is 6.93. The average molecular weight is 366 g/mol. The first kappa shape index (κ1) is 17.3. The molecule has 2 aromatic heterocycles. The lowest BCUT2D eigenvalue weighted by atomic mass is 10.0. The van der Waals surface area contributed by atoms with Gasteiger partial charge in [0.2, 0.25) is 0 Å². The van der Waals surface area contributed by atoms with Crippen LogP contribution in [0, 0.1) is 0 Å². The number of rotatable bonds is 4. The van der Waals surface area contributed by atoms with Gasteiger partial charge in [-0.15, -0.1) is 0 Å². The van der Waals surface area contributed by atoms with E-state index in [9.17, 15) is 13.2 Å². The molecule has 0 atom stereocenters. The van der Waals surface area contributed by atoms with E-state index in [0.29, 0.717) is 0 Å². The number of halogens is 3. The lowest BCUT2D eigenvalue weighted by Gasteiger charge is -2.32. The first-order valence-corrected chi connectivity index (χ1v) is 8.91. The summed E-state index contributed by atoms with van der Waals surface area (Å²) in [6, 6.07) is 3.28. The van der Waals surface area contributed by atoms with E-state index in [4.69, 9.17) is 0 Å². The van der Waals surface area contributed by atoms with Crippen molar-refractivity contribution >= 4 is 5.82 Å². The maximum atomic E-state index is 12.7. The number of nitrogens with zero attached hydrogens (tertiary/aromatic N) is 5. The minimum absolute atomic E-state index is 0.120. The van der Waals surface area contributed by atoms with Crippen LogP contribution in [0.4, 0.5) is 19.0 Å². The van der Waals surface area contributed by atoms with Gasteiger partial charge in [-0.1, -0.05) is 0 Å². The Morgan fingerprint density at radius 3 is 2.65 bits per heavy atom. The highest BCUT2D eigenvalue weighted by atomic mass is 19.4. The van der Waals surface area contributed by atoms with Gasteiger partial charge < -0.3 is 5.32 Å². The molecule has 0 radical (unpaired) electrons. The van der Waals surface area contributed by atoms with E-state index < -0.39 is 11.9 Å². The Balaban J connectivity index is 1.29. The third kappa shape index (κ3) is 3.82. The third-order valence-electron chi connectivity index (χ3n) is 5.00. The van der Waals surface area contributed by atoms with Crippen LogP contribution in [0.3, 0.4) is 0 Å². The number of aryl methyl sites for hydroxylation is 2. The van der Waals surface area contributed by atoms with Crippen LogP contribution in [-0.2, 0) is 25.7 Å². The topological polar surface area (TPSA) is 58.9 Å². The van der Waals surface area contributed by atoms with Gasteiger partial charge in [0.1, 0.15) is 17.8 Å². The number of fused-ring (bicyclic) bond motifs is 1. The fraction of sp³-hybridized carbons (Fsp3) is 0.588. The van der Waals surface area contributed by atoms with Gasteiger partial charge in [0.05, 0.1) is 5.69 Å². The summed E-state index contributed by atoms with van der Waals surface area (Å²) in [5.74, 6) is 0.233. The van der Waals surface area contributed by atoms with Crippen molar-refractivity contribution < 1.29 is 13.2 Å². The van der Waals surface area contributed by atoms with Crippen molar-refractivity contribution in [3.05, 3.63) is 35.5 Å². The summed E-state index contributed by atoms with van der Waals surface area (Å²) in [4.78, 5) is 9.55. The Morgan fingerprint density at radius 2 is 1.92 bits per heavy atom. The Morgan fingerprint density at radius 1 is 1.12 bits per heavy atom. The summed E-state index contributed by atoms with van der Waals surface area (Å²) in [6.07, 6.45) is 0.514. The summed E-state index contributed by atoms with van der Waals surface area (Å²) in [5.41, 5.74) is 1.51. The van der Waals surface area contributed by atoms with Gasteiger partial charge in [-0.3, -0.25) is 9.58 Å². The zero-order valence-corrected chi connectivity index (χ0v) is 14.3. The molecule has 2 aromatic rings. The molecule has 1 saturated heterocycles. The SMILES string of the molecule is FC(F)(F)c1cc(NC2CCN(Cc3cc4n(n3)CCC4)CC2)ncn1. The smallest absolute Gasteiger partial charge is 0.367 e. The second kappa shape index (κ2) is 6.86. The number of likely N-dealkylation sites (tertiary alicyclic amines) is 1. The highest BCUT2D eigenvalue weighted by Gasteiger charge is 2.33. The Hall–Kier alpha value is -2.16. The van der Waals surface area contributed by atoms with Crippen LogP contribution in [0.15, 0.2) is 18.5 Å². The van der Waals surface area contributed by atoms with E-state index in [1.165, 1.54) is 12.1 Å². The number of alkyl halides is 3. The summed E-state index contributed by atoms with van der Waals surface area (Å²) in [5, 5.41) is 7.75.